The fourth-order valence-electron chi connectivity index (χ4n) is 1.69. The molecule has 2 aromatic rings. The predicted molar refractivity (Wildman–Crippen MR) is 74.4 cm³/mol. The first kappa shape index (κ1) is 18.1. The van der Waals surface area contributed by atoms with Gasteiger partial charge < -0.3 is 4.57 Å². The number of rotatable bonds is 3. The molecule has 1 amide bonds. The van der Waals surface area contributed by atoms with Crippen molar-refractivity contribution >= 4 is 17.5 Å². The minimum Gasteiger partial charge on any atom is -0.328 e. The van der Waals surface area contributed by atoms with E-state index in [1.807, 2.05) is 0 Å². The summed E-state index contributed by atoms with van der Waals surface area (Å²) in [4.78, 5) is 18.0. The summed E-state index contributed by atoms with van der Waals surface area (Å²) in [6.07, 6.45) is -3.22. The van der Waals surface area contributed by atoms with Gasteiger partial charge in [0.2, 0.25) is 0 Å². The Kier molecular flexibility index (Phi) is 5.02. The molecule has 0 fully saturated rings. The number of carbonyl (C=O) groups is 1. The zero-order valence-corrected chi connectivity index (χ0v) is 12.5. The highest BCUT2D eigenvalue weighted by molar-refractivity contribution is 6.29. The number of pyridine rings is 2. The van der Waals surface area contributed by atoms with Gasteiger partial charge in [-0.1, -0.05) is 23.7 Å². The number of alkyl halides is 5. The van der Waals surface area contributed by atoms with Crippen LogP contribution in [0.3, 0.4) is 0 Å². The van der Waals surface area contributed by atoms with E-state index in [0.717, 1.165) is 6.07 Å². The zero-order valence-electron chi connectivity index (χ0n) is 11.8. The fraction of sp³-hybridized carbons (Fsp3) is 0.214. The molecule has 0 saturated heterocycles. The minimum absolute atomic E-state index is 0.0503. The average Bonchev–Trinajstić information content (AvgIpc) is 2.50. The molecular weight excluding hydrogens is 357 g/mol. The van der Waals surface area contributed by atoms with E-state index in [1.165, 1.54) is 35.2 Å². The van der Waals surface area contributed by atoms with Crippen LogP contribution >= 0.6 is 11.6 Å². The Labute approximate surface area is 137 Å². The Morgan fingerprint density at radius 2 is 1.88 bits per heavy atom. The number of carbonyl (C=O) groups excluding carboxylic acids is 1. The monoisotopic (exact) mass is 365 g/mol. The maximum Gasteiger partial charge on any atom is 0.463 e. The lowest BCUT2D eigenvalue weighted by Crippen LogP contribution is -2.44. The SMILES string of the molecule is O=C(/N=c1/ccccn1Cc1ccc(Cl)nc1)C(F)(F)C(F)(F)F. The molecule has 24 heavy (non-hydrogen) atoms. The van der Waals surface area contributed by atoms with Crippen molar-refractivity contribution in [1.29, 1.82) is 0 Å². The summed E-state index contributed by atoms with van der Waals surface area (Å²) in [6, 6.07) is 7.09. The summed E-state index contributed by atoms with van der Waals surface area (Å²) < 4.78 is 63.9. The Morgan fingerprint density at radius 3 is 2.46 bits per heavy atom. The summed E-state index contributed by atoms with van der Waals surface area (Å²) in [5, 5.41) is 0.238. The van der Waals surface area contributed by atoms with E-state index in [-0.39, 0.29) is 17.2 Å². The lowest BCUT2D eigenvalue weighted by molar-refractivity contribution is -0.268. The second kappa shape index (κ2) is 6.68. The summed E-state index contributed by atoms with van der Waals surface area (Å²) >= 11 is 5.64. The van der Waals surface area contributed by atoms with Crippen molar-refractivity contribution in [2.75, 3.05) is 0 Å². The second-order valence-electron chi connectivity index (χ2n) is 4.67. The molecule has 0 aliphatic heterocycles. The molecule has 2 aromatic heterocycles. The van der Waals surface area contributed by atoms with Gasteiger partial charge in [-0.3, -0.25) is 4.79 Å². The molecule has 0 spiro atoms. The number of nitrogens with zero attached hydrogens (tertiary/aromatic N) is 3. The molecule has 10 heteroatoms. The van der Waals surface area contributed by atoms with E-state index in [2.05, 4.69) is 9.98 Å². The van der Waals surface area contributed by atoms with Crippen molar-refractivity contribution in [2.45, 2.75) is 18.6 Å². The lowest BCUT2D eigenvalue weighted by atomic mass is 10.3. The minimum atomic E-state index is -6.01. The highest BCUT2D eigenvalue weighted by Crippen LogP contribution is 2.36. The van der Waals surface area contributed by atoms with E-state index in [0.29, 0.717) is 5.56 Å². The molecule has 0 N–H and O–H groups in total. The number of amides is 1. The van der Waals surface area contributed by atoms with Crippen LogP contribution in [0.15, 0.2) is 47.7 Å². The van der Waals surface area contributed by atoms with Crippen LogP contribution in [-0.4, -0.2) is 27.6 Å². The lowest BCUT2D eigenvalue weighted by Gasteiger charge is -2.15. The Bertz CT molecular complexity index is 799. The van der Waals surface area contributed by atoms with Crippen LogP contribution in [0.25, 0.3) is 0 Å². The highest BCUT2D eigenvalue weighted by atomic mass is 35.5. The van der Waals surface area contributed by atoms with Crippen LogP contribution in [0.1, 0.15) is 5.56 Å². The summed E-state index contributed by atoms with van der Waals surface area (Å²) in [7, 11) is 0. The maximum absolute atomic E-state index is 13.0. The van der Waals surface area contributed by atoms with Gasteiger partial charge in [-0.2, -0.15) is 26.9 Å². The van der Waals surface area contributed by atoms with Crippen molar-refractivity contribution in [3.8, 4) is 0 Å². The topological polar surface area (TPSA) is 47.2 Å². The van der Waals surface area contributed by atoms with Gasteiger partial charge >= 0.3 is 18.0 Å². The van der Waals surface area contributed by atoms with Gasteiger partial charge in [0, 0.05) is 12.4 Å². The third-order valence-electron chi connectivity index (χ3n) is 2.90. The molecule has 4 nitrogen and oxygen atoms in total. The molecule has 2 heterocycles. The van der Waals surface area contributed by atoms with Crippen molar-refractivity contribution in [1.82, 2.24) is 9.55 Å². The van der Waals surface area contributed by atoms with Crippen LogP contribution in [0.5, 0.6) is 0 Å². The van der Waals surface area contributed by atoms with Crippen molar-refractivity contribution in [2.24, 2.45) is 4.99 Å². The van der Waals surface area contributed by atoms with Crippen LogP contribution in [0, 0.1) is 0 Å². The van der Waals surface area contributed by atoms with Crippen LogP contribution in [0.2, 0.25) is 5.15 Å². The fourth-order valence-corrected chi connectivity index (χ4v) is 1.81. The van der Waals surface area contributed by atoms with Crippen molar-refractivity contribution < 1.29 is 26.7 Å². The molecule has 0 atom stereocenters. The predicted octanol–water partition coefficient (Wildman–Crippen LogP) is 3.21. The number of hydrogen-bond acceptors (Lipinski definition) is 2. The van der Waals surface area contributed by atoms with Gasteiger partial charge in [0.15, 0.2) is 0 Å². The molecule has 2 rings (SSSR count). The molecule has 0 unspecified atom stereocenters. The average molecular weight is 366 g/mol. The first-order chi connectivity index (χ1) is 11.1. The highest BCUT2D eigenvalue weighted by Gasteiger charge is 2.63. The summed E-state index contributed by atoms with van der Waals surface area (Å²) in [5.74, 6) is -8.13. The molecule has 0 saturated carbocycles. The van der Waals surface area contributed by atoms with Gasteiger partial charge in [-0.15, -0.1) is 0 Å². The van der Waals surface area contributed by atoms with Crippen LogP contribution in [-0.2, 0) is 11.3 Å². The summed E-state index contributed by atoms with van der Waals surface area (Å²) in [5.41, 5.74) is 0.239. The second-order valence-corrected chi connectivity index (χ2v) is 5.05. The van der Waals surface area contributed by atoms with Crippen LogP contribution < -0.4 is 5.49 Å². The number of halogens is 6. The van der Waals surface area contributed by atoms with E-state index < -0.39 is 18.0 Å². The van der Waals surface area contributed by atoms with Gasteiger partial charge in [-0.05, 0) is 23.8 Å². The Hall–Kier alpha value is -2.29. The molecular formula is C14H9ClF5N3O. The molecule has 0 aromatic carbocycles. The molecule has 0 aliphatic rings. The maximum atomic E-state index is 13.0. The number of hydrogen-bond donors (Lipinski definition) is 0. The van der Waals surface area contributed by atoms with E-state index >= 15 is 0 Å². The third kappa shape index (κ3) is 3.97. The summed E-state index contributed by atoms with van der Waals surface area (Å²) in [6.45, 7) is 0.0503. The van der Waals surface area contributed by atoms with Gasteiger partial charge in [0.1, 0.15) is 10.6 Å². The molecule has 0 radical (unpaired) electrons. The van der Waals surface area contributed by atoms with Gasteiger partial charge in [-0.25, -0.2) is 4.98 Å². The first-order valence-corrected chi connectivity index (χ1v) is 6.78. The molecule has 0 bridgehead atoms. The Balaban J connectivity index is 2.38. The van der Waals surface area contributed by atoms with Crippen molar-refractivity contribution in [3.63, 3.8) is 0 Å². The first-order valence-electron chi connectivity index (χ1n) is 6.41. The zero-order chi connectivity index (χ0) is 18.0. The normalized spacial score (nSPS) is 13.2. The third-order valence-corrected chi connectivity index (χ3v) is 3.12. The van der Waals surface area contributed by atoms with Gasteiger partial charge in [0.05, 0.1) is 6.54 Å². The van der Waals surface area contributed by atoms with E-state index in [4.69, 9.17) is 11.6 Å². The van der Waals surface area contributed by atoms with E-state index in [9.17, 15) is 26.7 Å². The smallest absolute Gasteiger partial charge is 0.328 e. The van der Waals surface area contributed by atoms with Gasteiger partial charge in [0.25, 0.3) is 0 Å². The largest absolute Gasteiger partial charge is 0.463 e. The van der Waals surface area contributed by atoms with Crippen molar-refractivity contribution in [3.05, 3.63) is 58.9 Å². The quantitative estimate of drug-likeness (QED) is 0.619. The number of aromatic nitrogens is 2. The Morgan fingerprint density at radius 1 is 1.17 bits per heavy atom. The molecule has 0 aliphatic carbocycles. The van der Waals surface area contributed by atoms with Crippen LogP contribution in [0.4, 0.5) is 22.0 Å². The standard InChI is InChI=1S/C14H9ClF5N3O/c15-10-5-4-9(7-21-10)8-23-6-2-1-3-11(23)22-12(24)13(16,17)14(18,19)20/h1-7H,8H2/b22-11-. The van der Waals surface area contributed by atoms with E-state index in [1.54, 1.807) is 6.07 Å². The molecule has 128 valence electrons.